The summed E-state index contributed by atoms with van der Waals surface area (Å²) in [6.45, 7) is 7.36. The lowest BCUT2D eigenvalue weighted by Crippen LogP contribution is -2.23. The van der Waals surface area contributed by atoms with Crippen molar-refractivity contribution in [3.05, 3.63) is 108 Å². The van der Waals surface area contributed by atoms with Gasteiger partial charge in [-0.3, -0.25) is 4.79 Å². The molecule has 6 rings (SSSR count). The molecular formula is C29H26N8O2. The first-order chi connectivity index (χ1) is 18.8. The molecule has 10 heteroatoms. The molecule has 1 aromatic carbocycles. The summed E-state index contributed by atoms with van der Waals surface area (Å²) in [5, 5.41) is 15.1. The molecule has 0 amide bonds. The fraction of sp³-hybridized carbons (Fsp3) is 0.138. The molecule has 0 fully saturated rings. The van der Waals surface area contributed by atoms with Crippen molar-refractivity contribution < 1.29 is 5.11 Å². The standard InChI is InChI=1S/C29H26N8O2/c1-4-15-36-27(38)21-18-31-28(34-26(21)37(36)25-10-7-8-23(33-25)29(2,3)39)32-20-11-12-22-19(17-20)13-16-35(22)24-9-5-6-14-30-24/h4-14,16-18,39H,1,15H2,2-3H3,(H,31,32,34). The van der Waals surface area contributed by atoms with Crippen LogP contribution < -0.4 is 10.9 Å². The smallest absolute Gasteiger partial charge is 0.278 e. The second-order valence-electron chi connectivity index (χ2n) is 9.63. The van der Waals surface area contributed by atoms with Crippen LogP contribution in [0.15, 0.2) is 96.7 Å². The number of rotatable bonds is 7. The van der Waals surface area contributed by atoms with E-state index in [0.717, 1.165) is 22.4 Å². The van der Waals surface area contributed by atoms with Crippen molar-refractivity contribution in [1.29, 1.82) is 0 Å². The van der Waals surface area contributed by atoms with Crippen LogP contribution in [0.2, 0.25) is 0 Å². The zero-order valence-electron chi connectivity index (χ0n) is 21.5. The largest absolute Gasteiger partial charge is 0.384 e. The maximum atomic E-state index is 13.2. The lowest BCUT2D eigenvalue weighted by atomic mass is 10.1. The van der Waals surface area contributed by atoms with Gasteiger partial charge < -0.3 is 15.0 Å². The minimum absolute atomic E-state index is 0.246. The molecular weight excluding hydrogens is 492 g/mol. The van der Waals surface area contributed by atoms with Crippen molar-refractivity contribution in [2.75, 3.05) is 5.32 Å². The van der Waals surface area contributed by atoms with Crippen LogP contribution >= 0.6 is 0 Å². The van der Waals surface area contributed by atoms with Gasteiger partial charge in [-0.2, -0.15) is 4.98 Å². The van der Waals surface area contributed by atoms with Crippen molar-refractivity contribution in [3.63, 3.8) is 0 Å². The summed E-state index contributed by atoms with van der Waals surface area (Å²) in [6, 6.07) is 19.1. The molecule has 5 aromatic heterocycles. The van der Waals surface area contributed by atoms with Crippen LogP contribution in [0, 0.1) is 0 Å². The number of allylic oxidation sites excluding steroid dienone is 1. The lowest BCUT2D eigenvalue weighted by molar-refractivity contribution is 0.0738. The fourth-order valence-electron chi connectivity index (χ4n) is 4.54. The highest BCUT2D eigenvalue weighted by Gasteiger charge is 2.21. The van der Waals surface area contributed by atoms with Gasteiger partial charge in [-0.05, 0) is 62.4 Å². The number of aliphatic hydroxyl groups is 1. The highest BCUT2D eigenvalue weighted by Crippen LogP contribution is 2.25. The number of hydrogen-bond donors (Lipinski definition) is 2. The molecule has 0 saturated heterocycles. The first-order valence-corrected chi connectivity index (χ1v) is 12.4. The average molecular weight is 519 g/mol. The van der Waals surface area contributed by atoms with Crippen LogP contribution in [0.25, 0.3) is 33.6 Å². The summed E-state index contributed by atoms with van der Waals surface area (Å²) in [4.78, 5) is 31.4. The molecule has 0 aliphatic heterocycles. The van der Waals surface area contributed by atoms with E-state index in [1.54, 1.807) is 49.0 Å². The van der Waals surface area contributed by atoms with Crippen LogP contribution in [0.5, 0.6) is 0 Å². The third-order valence-corrected chi connectivity index (χ3v) is 6.40. The van der Waals surface area contributed by atoms with E-state index in [4.69, 9.17) is 4.98 Å². The Kier molecular flexibility index (Phi) is 5.81. The molecule has 0 unspecified atom stereocenters. The topological polar surface area (TPSA) is 116 Å². The number of anilines is 2. The van der Waals surface area contributed by atoms with E-state index in [0.29, 0.717) is 28.5 Å². The second-order valence-corrected chi connectivity index (χ2v) is 9.63. The quantitative estimate of drug-likeness (QED) is 0.300. The van der Waals surface area contributed by atoms with Crippen LogP contribution in [0.3, 0.4) is 0 Å². The van der Waals surface area contributed by atoms with Gasteiger partial charge in [0.2, 0.25) is 5.95 Å². The Labute approximate surface area is 223 Å². The van der Waals surface area contributed by atoms with E-state index >= 15 is 0 Å². The molecule has 0 atom stereocenters. The van der Waals surface area contributed by atoms with Gasteiger partial charge in [0.15, 0.2) is 11.5 Å². The zero-order valence-corrected chi connectivity index (χ0v) is 21.5. The highest BCUT2D eigenvalue weighted by atomic mass is 16.3. The van der Waals surface area contributed by atoms with Gasteiger partial charge in [-0.25, -0.2) is 24.3 Å². The molecule has 194 valence electrons. The Hall–Kier alpha value is -5.09. The number of pyridine rings is 2. The molecule has 0 aliphatic rings. The molecule has 6 aromatic rings. The van der Waals surface area contributed by atoms with Crippen molar-refractivity contribution in [3.8, 4) is 11.6 Å². The number of benzene rings is 1. The molecule has 5 heterocycles. The van der Waals surface area contributed by atoms with Crippen molar-refractivity contribution in [2.24, 2.45) is 0 Å². The first-order valence-electron chi connectivity index (χ1n) is 12.4. The van der Waals surface area contributed by atoms with Gasteiger partial charge in [-0.1, -0.05) is 18.2 Å². The van der Waals surface area contributed by atoms with Gasteiger partial charge in [-0.15, -0.1) is 6.58 Å². The summed E-state index contributed by atoms with van der Waals surface area (Å²) >= 11 is 0. The predicted octanol–water partition coefficient (Wildman–Crippen LogP) is 4.47. The number of aromatic nitrogens is 7. The van der Waals surface area contributed by atoms with E-state index in [1.807, 2.05) is 53.2 Å². The summed E-state index contributed by atoms with van der Waals surface area (Å²) in [7, 11) is 0. The molecule has 0 saturated carbocycles. The third-order valence-electron chi connectivity index (χ3n) is 6.40. The Bertz CT molecular complexity index is 1890. The summed E-state index contributed by atoms with van der Waals surface area (Å²) in [5.41, 5.74) is 1.26. The lowest BCUT2D eigenvalue weighted by Gasteiger charge is -2.18. The molecule has 0 spiro atoms. The van der Waals surface area contributed by atoms with E-state index in [2.05, 4.69) is 26.8 Å². The number of hydrogen-bond acceptors (Lipinski definition) is 7. The van der Waals surface area contributed by atoms with Crippen LogP contribution in [0.4, 0.5) is 11.6 Å². The van der Waals surface area contributed by atoms with Gasteiger partial charge in [0.05, 0.1) is 17.8 Å². The maximum Gasteiger partial charge on any atom is 0.278 e. The number of fused-ring (bicyclic) bond motifs is 2. The SMILES string of the molecule is C=CCn1c(=O)c2cnc(Nc3ccc4c(ccn4-c4ccccn4)c3)nc2n1-c1cccc(C(C)(C)O)n1. The number of nitrogens with zero attached hydrogens (tertiary/aromatic N) is 7. The molecule has 10 nitrogen and oxygen atoms in total. The molecule has 0 aliphatic carbocycles. The summed E-state index contributed by atoms with van der Waals surface area (Å²) in [5.74, 6) is 1.62. The highest BCUT2D eigenvalue weighted by molar-refractivity contribution is 5.86. The Morgan fingerprint density at radius 2 is 1.87 bits per heavy atom. The van der Waals surface area contributed by atoms with Crippen molar-refractivity contribution in [1.82, 2.24) is 33.9 Å². The molecule has 39 heavy (non-hydrogen) atoms. The predicted molar refractivity (Wildman–Crippen MR) is 151 cm³/mol. The fourth-order valence-corrected chi connectivity index (χ4v) is 4.54. The maximum absolute atomic E-state index is 13.2. The monoisotopic (exact) mass is 518 g/mol. The first kappa shape index (κ1) is 24.3. The van der Waals surface area contributed by atoms with Crippen molar-refractivity contribution in [2.45, 2.75) is 26.0 Å². The minimum atomic E-state index is -1.15. The van der Waals surface area contributed by atoms with E-state index in [-0.39, 0.29) is 12.1 Å². The normalized spacial score (nSPS) is 11.8. The van der Waals surface area contributed by atoms with Gasteiger partial charge in [0.25, 0.3) is 5.56 Å². The van der Waals surface area contributed by atoms with Crippen LogP contribution in [-0.4, -0.2) is 39.0 Å². The van der Waals surface area contributed by atoms with E-state index in [1.165, 1.54) is 10.9 Å². The Balaban J connectivity index is 1.42. The number of nitrogens with one attached hydrogen (secondary N) is 1. The Morgan fingerprint density at radius 1 is 1.03 bits per heavy atom. The van der Waals surface area contributed by atoms with Gasteiger partial charge in [0, 0.05) is 29.7 Å². The van der Waals surface area contributed by atoms with E-state index in [9.17, 15) is 9.90 Å². The van der Waals surface area contributed by atoms with Crippen molar-refractivity contribution >= 4 is 33.6 Å². The van der Waals surface area contributed by atoms with E-state index < -0.39 is 5.60 Å². The van der Waals surface area contributed by atoms with Gasteiger partial charge in [0.1, 0.15) is 16.8 Å². The molecule has 0 radical (unpaired) electrons. The summed E-state index contributed by atoms with van der Waals surface area (Å²) < 4.78 is 5.16. The Morgan fingerprint density at radius 3 is 2.64 bits per heavy atom. The third kappa shape index (κ3) is 4.36. The zero-order chi connectivity index (χ0) is 27.1. The summed E-state index contributed by atoms with van der Waals surface area (Å²) in [6.07, 6.45) is 6.90. The molecule has 2 N–H and O–H groups in total. The van der Waals surface area contributed by atoms with Gasteiger partial charge >= 0.3 is 0 Å². The minimum Gasteiger partial charge on any atom is -0.384 e. The van der Waals surface area contributed by atoms with Crippen LogP contribution in [0.1, 0.15) is 19.5 Å². The average Bonchev–Trinajstić information content (AvgIpc) is 3.47. The second kappa shape index (κ2) is 9.34. The molecule has 0 bridgehead atoms. The van der Waals surface area contributed by atoms with Crippen LogP contribution in [-0.2, 0) is 12.1 Å².